The van der Waals surface area contributed by atoms with Gasteiger partial charge in [-0.05, 0) is 118 Å². The van der Waals surface area contributed by atoms with Crippen molar-refractivity contribution >= 4 is 71.6 Å². The molecular weight excluding hydrogens is 669 g/mol. The van der Waals surface area contributed by atoms with E-state index in [1.165, 1.54) is 32.6 Å². The fraction of sp³-hybridized carbons (Fsp3) is 0. The van der Waals surface area contributed by atoms with E-state index in [4.69, 9.17) is 4.42 Å². The lowest BCUT2D eigenvalue weighted by Gasteiger charge is -2.27. The Morgan fingerprint density at radius 1 is 0.327 bits per heavy atom. The van der Waals surface area contributed by atoms with Gasteiger partial charge in [-0.15, -0.1) is 0 Å². The number of nitrogens with zero attached hydrogens (tertiary/aromatic N) is 2. The van der Waals surface area contributed by atoms with E-state index in [9.17, 15) is 0 Å². The van der Waals surface area contributed by atoms with Gasteiger partial charge in [-0.25, -0.2) is 0 Å². The van der Waals surface area contributed by atoms with E-state index in [0.29, 0.717) is 0 Å². The van der Waals surface area contributed by atoms with Gasteiger partial charge >= 0.3 is 0 Å². The van der Waals surface area contributed by atoms with Crippen LogP contribution < -0.4 is 4.90 Å². The molecule has 3 heteroatoms. The van der Waals surface area contributed by atoms with Crippen LogP contribution >= 0.6 is 0 Å². The lowest BCUT2D eigenvalue weighted by molar-refractivity contribution is 0.669. The van der Waals surface area contributed by atoms with Gasteiger partial charge in [0.15, 0.2) is 0 Å². The third-order valence-corrected chi connectivity index (χ3v) is 10.9. The van der Waals surface area contributed by atoms with Gasteiger partial charge in [0.25, 0.3) is 0 Å². The van der Waals surface area contributed by atoms with E-state index >= 15 is 0 Å². The summed E-state index contributed by atoms with van der Waals surface area (Å²) in [6, 6.07) is 74.2. The van der Waals surface area contributed by atoms with Crippen LogP contribution in [0.2, 0.25) is 0 Å². The van der Waals surface area contributed by atoms with Gasteiger partial charge in [-0.3, -0.25) is 0 Å². The molecule has 0 N–H and O–H groups in total. The van der Waals surface area contributed by atoms with Crippen LogP contribution in [0, 0.1) is 0 Å². The van der Waals surface area contributed by atoms with Crippen molar-refractivity contribution in [1.29, 1.82) is 0 Å². The van der Waals surface area contributed by atoms with E-state index in [-0.39, 0.29) is 0 Å². The minimum absolute atomic E-state index is 0.891. The maximum Gasteiger partial charge on any atom is 0.135 e. The summed E-state index contributed by atoms with van der Waals surface area (Å²) >= 11 is 0. The highest BCUT2D eigenvalue weighted by molar-refractivity contribution is 6.10. The van der Waals surface area contributed by atoms with Gasteiger partial charge in [0.05, 0.1) is 11.0 Å². The van der Waals surface area contributed by atoms with Crippen LogP contribution in [-0.4, -0.2) is 4.57 Å². The Kier molecular flexibility index (Phi) is 7.17. The average Bonchev–Trinajstić information content (AvgIpc) is 3.79. The first-order valence-corrected chi connectivity index (χ1v) is 18.7. The van der Waals surface area contributed by atoms with Gasteiger partial charge in [0.1, 0.15) is 11.2 Å². The SMILES string of the molecule is c1ccc(N(c2cc(-c3ccc4oc5ccccc5c4c3)cc(-c3ccc4c5ccccc5n(-c5ccccc5)c4c3)c2)c2ccc3ccccc3c2)cc1. The van der Waals surface area contributed by atoms with E-state index in [0.717, 1.165) is 66.9 Å². The first-order valence-electron chi connectivity index (χ1n) is 18.7. The van der Waals surface area contributed by atoms with E-state index < -0.39 is 0 Å². The first kappa shape index (κ1) is 31.2. The standard InChI is InChI=1S/C52H34N2O/c1-3-15-41(16-4-1)53(43-26-23-35-13-7-8-14-36(35)30-43)44-31-39(37-25-28-52-48(33-37)47-20-10-12-22-51(47)55-52)29-40(32-44)38-24-27-46-45-19-9-11-21-49(45)54(50(46)34-38)42-17-5-2-6-18-42/h1-34H. The molecular formula is C52H34N2O. The number of furan rings is 1. The summed E-state index contributed by atoms with van der Waals surface area (Å²) in [5, 5.41) is 7.14. The number of hydrogen-bond donors (Lipinski definition) is 0. The van der Waals surface area contributed by atoms with Crippen molar-refractivity contribution in [2.75, 3.05) is 4.90 Å². The predicted octanol–water partition coefficient (Wildman–Crippen LogP) is 14.6. The molecule has 0 spiro atoms. The molecule has 258 valence electrons. The van der Waals surface area contributed by atoms with Gasteiger partial charge in [0, 0.05) is 44.3 Å². The molecule has 2 heterocycles. The zero-order valence-electron chi connectivity index (χ0n) is 29.9. The highest BCUT2D eigenvalue weighted by Crippen LogP contribution is 2.43. The summed E-state index contributed by atoms with van der Waals surface area (Å²) in [6.45, 7) is 0. The molecule has 0 aliphatic rings. The van der Waals surface area contributed by atoms with Gasteiger partial charge < -0.3 is 13.9 Å². The monoisotopic (exact) mass is 702 g/mol. The van der Waals surface area contributed by atoms with Crippen LogP contribution in [0.4, 0.5) is 17.1 Å². The predicted molar refractivity (Wildman–Crippen MR) is 231 cm³/mol. The van der Waals surface area contributed by atoms with E-state index in [2.05, 4.69) is 204 Å². The lowest BCUT2D eigenvalue weighted by Crippen LogP contribution is -2.10. The molecule has 2 aromatic heterocycles. The Morgan fingerprint density at radius 3 is 1.80 bits per heavy atom. The van der Waals surface area contributed by atoms with Crippen molar-refractivity contribution < 1.29 is 4.42 Å². The van der Waals surface area contributed by atoms with Crippen molar-refractivity contribution in [3.05, 3.63) is 206 Å². The van der Waals surface area contributed by atoms with Crippen molar-refractivity contribution in [1.82, 2.24) is 4.57 Å². The Balaban J connectivity index is 1.17. The Labute approximate surface area is 318 Å². The molecule has 9 aromatic carbocycles. The summed E-state index contributed by atoms with van der Waals surface area (Å²) in [6.07, 6.45) is 0. The molecule has 0 bridgehead atoms. The molecule has 0 fully saturated rings. The number of aromatic nitrogens is 1. The molecule has 3 nitrogen and oxygen atoms in total. The minimum Gasteiger partial charge on any atom is -0.456 e. The number of para-hydroxylation sites is 4. The maximum absolute atomic E-state index is 6.25. The Morgan fingerprint density at radius 2 is 0.964 bits per heavy atom. The number of benzene rings is 9. The topological polar surface area (TPSA) is 21.3 Å². The van der Waals surface area contributed by atoms with Gasteiger partial charge in [-0.2, -0.15) is 0 Å². The molecule has 0 aliphatic heterocycles. The molecule has 11 aromatic rings. The number of rotatable bonds is 6. The summed E-state index contributed by atoms with van der Waals surface area (Å²) in [5.41, 5.74) is 13.1. The summed E-state index contributed by atoms with van der Waals surface area (Å²) < 4.78 is 8.64. The van der Waals surface area contributed by atoms with Gasteiger partial charge in [0.2, 0.25) is 0 Å². The van der Waals surface area contributed by atoms with E-state index in [1.807, 2.05) is 12.1 Å². The average molecular weight is 703 g/mol. The lowest BCUT2D eigenvalue weighted by atomic mass is 9.95. The van der Waals surface area contributed by atoms with Crippen molar-refractivity contribution in [2.24, 2.45) is 0 Å². The molecule has 0 saturated heterocycles. The number of fused-ring (bicyclic) bond motifs is 7. The fourth-order valence-electron chi connectivity index (χ4n) is 8.32. The second kappa shape index (κ2) is 12.6. The minimum atomic E-state index is 0.891. The summed E-state index contributed by atoms with van der Waals surface area (Å²) in [7, 11) is 0. The maximum atomic E-state index is 6.25. The van der Waals surface area contributed by atoms with Crippen molar-refractivity contribution in [3.63, 3.8) is 0 Å². The normalized spacial score (nSPS) is 11.6. The number of anilines is 3. The smallest absolute Gasteiger partial charge is 0.135 e. The third-order valence-electron chi connectivity index (χ3n) is 10.9. The van der Waals surface area contributed by atoms with E-state index in [1.54, 1.807) is 0 Å². The first-order chi connectivity index (χ1) is 27.2. The van der Waals surface area contributed by atoms with Crippen LogP contribution in [0.15, 0.2) is 211 Å². The fourth-order valence-corrected chi connectivity index (χ4v) is 8.32. The summed E-state index contributed by atoms with van der Waals surface area (Å²) in [4.78, 5) is 2.38. The molecule has 0 atom stereocenters. The number of hydrogen-bond acceptors (Lipinski definition) is 2. The highest BCUT2D eigenvalue weighted by Gasteiger charge is 2.19. The molecule has 55 heavy (non-hydrogen) atoms. The van der Waals surface area contributed by atoms with Crippen LogP contribution in [0.5, 0.6) is 0 Å². The zero-order chi connectivity index (χ0) is 36.3. The van der Waals surface area contributed by atoms with Crippen molar-refractivity contribution in [3.8, 4) is 27.9 Å². The molecule has 0 saturated carbocycles. The third kappa shape index (κ3) is 5.28. The molecule has 0 aliphatic carbocycles. The molecule has 11 rings (SSSR count). The Bertz CT molecular complexity index is 3210. The molecule has 0 radical (unpaired) electrons. The van der Waals surface area contributed by atoms with Gasteiger partial charge in [-0.1, -0.05) is 121 Å². The second-order valence-electron chi connectivity index (χ2n) is 14.2. The van der Waals surface area contributed by atoms with Crippen LogP contribution in [0.3, 0.4) is 0 Å². The Hall–Kier alpha value is -7.36. The van der Waals surface area contributed by atoms with Crippen LogP contribution in [0.1, 0.15) is 0 Å². The van der Waals surface area contributed by atoms with Crippen molar-refractivity contribution in [2.45, 2.75) is 0 Å². The largest absolute Gasteiger partial charge is 0.456 e. The van der Waals surface area contributed by atoms with Crippen LogP contribution in [0.25, 0.3) is 82.5 Å². The molecule has 0 unspecified atom stereocenters. The molecule has 0 amide bonds. The zero-order valence-corrected chi connectivity index (χ0v) is 29.9. The summed E-state index contributed by atoms with van der Waals surface area (Å²) in [5.74, 6) is 0. The highest BCUT2D eigenvalue weighted by atomic mass is 16.3. The second-order valence-corrected chi connectivity index (χ2v) is 14.2. The quantitative estimate of drug-likeness (QED) is 0.172. The van der Waals surface area contributed by atoms with Crippen LogP contribution in [-0.2, 0) is 0 Å².